The monoisotopic (exact) mass is 220 g/mol. The Morgan fingerprint density at radius 3 is 2.69 bits per heavy atom. The van der Waals surface area contributed by atoms with Crippen molar-refractivity contribution in [3.05, 3.63) is 29.6 Å². The lowest BCUT2D eigenvalue weighted by atomic mass is 10.3. The smallest absolute Gasteiger partial charge is 0.356 e. The second kappa shape index (κ2) is 4.30. The van der Waals surface area contributed by atoms with Gasteiger partial charge in [-0.15, -0.1) is 0 Å². The zero-order chi connectivity index (χ0) is 11.5. The number of nitrogens with zero attached hydrogens (tertiary/aromatic N) is 1. The van der Waals surface area contributed by atoms with Gasteiger partial charge in [0, 0.05) is 6.04 Å². The van der Waals surface area contributed by atoms with Crippen LogP contribution in [0, 0.1) is 0 Å². The van der Waals surface area contributed by atoms with Gasteiger partial charge in [-0.05, 0) is 25.0 Å². The van der Waals surface area contributed by atoms with Crippen molar-refractivity contribution in [1.29, 1.82) is 0 Å². The van der Waals surface area contributed by atoms with Gasteiger partial charge in [-0.1, -0.05) is 6.07 Å². The predicted molar refractivity (Wildman–Crippen MR) is 56.1 cm³/mol. The molecule has 0 unspecified atom stereocenters. The Balaban J connectivity index is 2.14. The summed E-state index contributed by atoms with van der Waals surface area (Å²) in [5.74, 6) is -0.783. The molecule has 0 atom stereocenters. The second-order valence-electron chi connectivity index (χ2n) is 3.65. The topological polar surface area (TPSA) is 68.3 Å². The zero-order valence-electron chi connectivity index (χ0n) is 8.90. The van der Waals surface area contributed by atoms with Crippen LogP contribution in [0.25, 0.3) is 0 Å². The maximum Gasteiger partial charge on any atom is 0.356 e. The molecule has 1 aromatic heterocycles. The first-order chi connectivity index (χ1) is 7.70. The Labute approximate surface area is 92.8 Å². The first-order valence-electron chi connectivity index (χ1n) is 5.07. The van der Waals surface area contributed by atoms with Gasteiger partial charge in [0.2, 0.25) is 0 Å². The van der Waals surface area contributed by atoms with Gasteiger partial charge < -0.3 is 10.1 Å². The van der Waals surface area contributed by atoms with Crippen molar-refractivity contribution in [3.63, 3.8) is 0 Å². The van der Waals surface area contributed by atoms with Crippen molar-refractivity contribution >= 4 is 11.9 Å². The van der Waals surface area contributed by atoms with Crippen LogP contribution in [0.4, 0.5) is 0 Å². The Morgan fingerprint density at radius 1 is 1.38 bits per heavy atom. The number of methoxy groups -OCH3 is 1. The Kier molecular flexibility index (Phi) is 2.85. The summed E-state index contributed by atoms with van der Waals surface area (Å²) in [5.41, 5.74) is 0.390. The van der Waals surface area contributed by atoms with E-state index in [0.29, 0.717) is 0 Å². The van der Waals surface area contributed by atoms with E-state index in [9.17, 15) is 9.59 Å². The summed E-state index contributed by atoms with van der Waals surface area (Å²) in [4.78, 5) is 26.8. The number of hydrogen-bond donors (Lipinski definition) is 1. The van der Waals surface area contributed by atoms with Gasteiger partial charge in [-0.2, -0.15) is 0 Å². The van der Waals surface area contributed by atoms with Crippen molar-refractivity contribution in [2.24, 2.45) is 0 Å². The third-order valence-electron chi connectivity index (χ3n) is 2.29. The minimum absolute atomic E-state index is 0.144. The number of esters is 1. The van der Waals surface area contributed by atoms with Crippen molar-refractivity contribution in [2.75, 3.05) is 7.11 Å². The molecule has 2 rings (SSSR count). The first-order valence-corrected chi connectivity index (χ1v) is 5.07. The largest absolute Gasteiger partial charge is 0.464 e. The van der Waals surface area contributed by atoms with Gasteiger partial charge in [-0.25, -0.2) is 9.78 Å². The molecule has 84 valence electrons. The Hall–Kier alpha value is -1.91. The van der Waals surface area contributed by atoms with E-state index in [0.717, 1.165) is 12.8 Å². The molecule has 1 amide bonds. The lowest BCUT2D eigenvalue weighted by Gasteiger charge is -2.03. The fourth-order valence-electron chi connectivity index (χ4n) is 1.27. The molecule has 0 aliphatic heterocycles. The van der Waals surface area contributed by atoms with Crippen molar-refractivity contribution in [2.45, 2.75) is 18.9 Å². The van der Waals surface area contributed by atoms with Crippen LogP contribution in [0.5, 0.6) is 0 Å². The molecule has 1 aliphatic rings. The molecule has 0 spiro atoms. The molecule has 1 fully saturated rings. The number of carbonyl (C=O) groups is 2. The molecule has 0 radical (unpaired) electrons. The third kappa shape index (κ3) is 2.36. The average molecular weight is 220 g/mol. The van der Waals surface area contributed by atoms with Crippen LogP contribution >= 0.6 is 0 Å². The van der Waals surface area contributed by atoms with Gasteiger partial charge >= 0.3 is 5.97 Å². The molecule has 0 aromatic carbocycles. The van der Waals surface area contributed by atoms with Crippen LogP contribution in [-0.4, -0.2) is 30.0 Å². The summed E-state index contributed by atoms with van der Waals surface area (Å²) in [6, 6.07) is 4.97. The standard InChI is InChI=1S/C11H12N2O3/c1-16-11(15)9-4-2-3-8(13-9)10(14)12-7-5-6-7/h2-4,7H,5-6H2,1H3,(H,12,14). The Bertz CT molecular complexity index is 427. The highest BCUT2D eigenvalue weighted by atomic mass is 16.5. The van der Waals surface area contributed by atoms with Gasteiger partial charge in [-0.3, -0.25) is 4.79 Å². The summed E-state index contributed by atoms with van der Waals surface area (Å²) in [6.07, 6.45) is 2.03. The minimum Gasteiger partial charge on any atom is -0.464 e. The summed E-state index contributed by atoms with van der Waals surface area (Å²) in [5, 5.41) is 2.80. The van der Waals surface area contributed by atoms with E-state index in [1.807, 2.05) is 0 Å². The third-order valence-corrected chi connectivity index (χ3v) is 2.29. The first kappa shape index (κ1) is 10.6. The summed E-state index contributed by atoms with van der Waals surface area (Å²) >= 11 is 0. The summed E-state index contributed by atoms with van der Waals surface area (Å²) < 4.78 is 4.53. The van der Waals surface area contributed by atoms with Crippen molar-refractivity contribution < 1.29 is 14.3 Å². The highest BCUT2D eigenvalue weighted by Gasteiger charge is 2.24. The average Bonchev–Trinajstić information content (AvgIpc) is 3.12. The maximum atomic E-state index is 11.6. The second-order valence-corrected chi connectivity index (χ2v) is 3.65. The van der Waals surface area contributed by atoms with E-state index in [4.69, 9.17) is 0 Å². The van der Waals surface area contributed by atoms with Crippen LogP contribution in [0.3, 0.4) is 0 Å². The van der Waals surface area contributed by atoms with Crippen LogP contribution < -0.4 is 5.32 Å². The number of carbonyl (C=O) groups excluding carboxylic acids is 2. The van der Waals surface area contributed by atoms with E-state index < -0.39 is 5.97 Å². The Morgan fingerprint density at radius 2 is 2.06 bits per heavy atom. The van der Waals surface area contributed by atoms with Crippen molar-refractivity contribution in [1.82, 2.24) is 10.3 Å². The number of rotatable bonds is 3. The highest BCUT2D eigenvalue weighted by Crippen LogP contribution is 2.19. The lowest BCUT2D eigenvalue weighted by molar-refractivity contribution is 0.0594. The molecular weight excluding hydrogens is 208 g/mol. The number of pyridine rings is 1. The molecular formula is C11H12N2O3. The summed E-state index contributed by atoms with van der Waals surface area (Å²) in [7, 11) is 1.28. The van der Waals surface area contributed by atoms with Gasteiger partial charge in [0.05, 0.1) is 7.11 Å². The molecule has 0 saturated heterocycles. The molecule has 0 bridgehead atoms. The maximum absolute atomic E-state index is 11.6. The number of aromatic nitrogens is 1. The van der Waals surface area contributed by atoms with Crippen LogP contribution in [0.1, 0.15) is 33.8 Å². The SMILES string of the molecule is COC(=O)c1cccc(C(=O)NC2CC2)n1. The molecule has 1 N–H and O–H groups in total. The zero-order valence-corrected chi connectivity index (χ0v) is 8.90. The van der Waals surface area contributed by atoms with Gasteiger partial charge in [0.25, 0.3) is 5.91 Å². The molecule has 1 heterocycles. The van der Waals surface area contributed by atoms with Crippen LogP contribution in [-0.2, 0) is 4.74 Å². The molecule has 1 aromatic rings. The number of hydrogen-bond acceptors (Lipinski definition) is 4. The van der Waals surface area contributed by atoms with Crippen molar-refractivity contribution in [3.8, 4) is 0 Å². The van der Waals surface area contributed by atoms with E-state index >= 15 is 0 Å². The minimum atomic E-state index is -0.541. The van der Waals surface area contributed by atoms with E-state index in [2.05, 4.69) is 15.0 Å². The van der Waals surface area contributed by atoms with Gasteiger partial charge in [0.15, 0.2) is 0 Å². The lowest BCUT2D eigenvalue weighted by Crippen LogP contribution is -2.26. The summed E-state index contributed by atoms with van der Waals surface area (Å²) in [6.45, 7) is 0. The van der Waals surface area contributed by atoms with E-state index in [1.54, 1.807) is 12.1 Å². The molecule has 5 heteroatoms. The normalized spacial score (nSPS) is 14.3. The molecule has 5 nitrogen and oxygen atoms in total. The molecule has 1 saturated carbocycles. The molecule has 16 heavy (non-hydrogen) atoms. The number of amides is 1. The van der Waals surface area contributed by atoms with Gasteiger partial charge in [0.1, 0.15) is 11.4 Å². The van der Waals surface area contributed by atoms with Crippen LogP contribution in [0.15, 0.2) is 18.2 Å². The van der Waals surface area contributed by atoms with E-state index in [-0.39, 0.29) is 23.3 Å². The van der Waals surface area contributed by atoms with E-state index in [1.165, 1.54) is 13.2 Å². The fraction of sp³-hybridized carbons (Fsp3) is 0.364. The fourth-order valence-corrected chi connectivity index (χ4v) is 1.27. The number of ether oxygens (including phenoxy) is 1. The molecule has 1 aliphatic carbocycles. The van der Waals surface area contributed by atoms with Crippen LogP contribution in [0.2, 0.25) is 0 Å². The predicted octanol–water partition coefficient (Wildman–Crippen LogP) is 0.760. The number of nitrogens with one attached hydrogen (secondary N) is 1. The highest BCUT2D eigenvalue weighted by molar-refractivity contribution is 5.94. The quantitative estimate of drug-likeness (QED) is 0.763.